The van der Waals surface area contributed by atoms with E-state index in [1.54, 1.807) is 6.92 Å². The van der Waals surface area contributed by atoms with Gasteiger partial charge in [-0.2, -0.15) is 5.10 Å². The predicted octanol–water partition coefficient (Wildman–Crippen LogP) is -1.06. The summed E-state index contributed by atoms with van der Waals surface area (Å²) in [6.45, 7) is 1.70. The third-order valence-electron chi connectivity index (χ3n) is 1.28. The molecule has 3 nitrogen and oxygen atoms in total. The average Bonchev–Trinajstić information content (AvgIpc) is 2.15. The van der Waals surface area contributed by atoms with Crippen LogP contribution in [-0.2, 0) is 6.73 Å². The first kappa shape index (κ1) is 6.36. The summed E-state index contributed by atoms with van der Waals surface area (Å²) >= 11 is 0. The third-order valence-corrected chi connectivity index (χ3v) is 1.28. The summed E-state index contributed by atoms with van der Waals surface area (Å²) in [5.41, 5.74) is 1.42. The number of aliphatic hydroxyl groups excluding tert-OH is 1. The van der Waals surface area contributed by atoms with Gasteiger partial charge in [-0.3, -0.25) is 0 Å². The molecule has 0 atom stereocenters. The first-order chi connectivity index (χ1) is 4.25. The van der Waals surface area contributed by atoms with Gasteiger partial charge in [0.15, 0.2) is 0 Å². The highest BCUT2D eigenvalue weighted by Crippen LogP contribution is 1.88. The summed E-state index contributed by atoms with van der Waals surface area (Å²) in [6, 6.07) is 0. The first-order valence-electron chi connectivity index (χ1n) is 2.64. The molecule has 0 spiro atoms. The lowest BCUT2D eigenvalue weighted by atomic mass is 9.98. The Labute approximate surface area is 54.7 Å². The second-order valence-corrected chi connectivity index (χ2v) is 1.83. The van der Waals surface area contributed by atoms with E-state index in [1.165, 1.54) is 10.9 Å². The molecule has 0 saturated carbocycles. The number of aromatic nitrogens is 2. The Morgan fingerprint density at radius 2 is 2.56 bits per heavy atom. The van der Waals surface area contributed by atoms with Gasteiger partial charge in [0.05, 0.1) is 0 Å². The van der Waals surface area contributed by atoms with Gasteiger partial charge in [0.1, 0.15) is 14.6 Å². The molecule has 0 saturated heterocycles. The molecule has 0 aromatic carbocycles. The van der Waals surface area contributed by atoms with E-state index in [0.29, 0.717) is 5.46 Å². The highest BCUT2D eigenvalue weighted by atomic mass is 16.3. The average molecular weight is 122 g/mol. The minimum Gasteiger partial charge on any atom is -0.374 e. The van der Waals surface area contributed by atoms with Crippen LogP contribution in [-0.4, -0.2) is 22.7 Å². The number of hydrogen-bond donors (Lipinski definition) is 1. The van der Waals surface area contributed by atoms with E-state index < -0.39 is 0 Å². The molecule has 1 N–H and O–H groups in total. The Morgan fingerprint density at radius 1 is 1.89 bits per heavy atom. The van der Waals surface area contributed by atoms with Gasteiger partial charge in [0.25, 0.3) is 0 Å². The molecule has 4 heteroatoms. The maximum absolute atomic E-state index is 8.58. The van der Waals surface area contributed by atoms with Crippen molar-refractivity contribution >= 4 is 13.3 Å². The standard InChI is InChI=1S/C5H7BN2O/c1-4-5(6)2-7-8(4)3-9/h2,9H,3H2,1H3. The second-order valence-electron chi connectivity index (χ2n) is 1.83. The van der Waals surface area contributed by atoms with Gasteiger partial charge in [-0.25, -0.2) is 4.68 Å². The Bertz CT molecular complexity index is 209. The lowest BCUT2D eigenvalue weighted by Crippen LogP contribution is -2.07. The van der Waals surface area contributed by atoms with Crippen LogP contribution in [0.1, 0.15) is 5.69 Å². The van der Waals surface area contributed by atoms with Crippen LogP contribution in [0.4, 0.5) is 0 Å². The second kappa shape index (κ2) is 2.23. The Morgan fingerprint density at radius 3 is 2.78 bits per heavy atom. The molecule has 0 aliphatic rings. The van der Waals surface area contributed by atoms with Crippen molar-refractivity contribution in [3.8, 4) is 0 Å². The zero-order valence-electron chi connectivity index (χ0n) is 5.20. The zero-order chi connectivity index (χ0) is 6.85. The summed E-state index contributed by atoms with van der Waals surface area (Å²) in [6.07, 6.45) is 1.52. The largest absolute Gasteiger partial charge is 0.374 e. The van der Waals surface area contributed by atoms with Gasteiger partial charge in [-0.05, 0) is 6.92 Å². The van der Waals surface area contributed by atoms with E-state index in [4.69, 9.17) is 13.0 Å². The molecule has 0 bridgehead atoms. The van der Waals surface area contributed by atoms with Crippen LogP contribution >= 0.6 is 0 Å². The number of hydrogen-bond acceptors (Lipinski definition) is 2. The highest BCUT2D eigenvalue weighted by molar-refractivity contribution is 6.32. The maximum atomic E-state index is 8.58. The van der Waals surface area contributed by atoms with Gasteiger partial charge in [-0.1, -0.05) is 5.46 Å². The van der Waals surface area contributed by atoms with Crippen LogP contribution in [0.25, 0.3) is 0 Å². The van der Waals surface area contributed by atoms with Gasteiger partial charge in [0.2, 0.25) is 0 Å². The van der Waals surface area contributed by atoms with Crippen molar-refractivity contribution in [2.24, 2.45) is 0 Å². The number of nitrogens with zero attached hydrogens (tertiary/aromatic N) is 2. The fourth-order valence-electron chi connectivity index (χ4n) is 0.604. The van der Waals surface area contributed by atoms with Crippen molar-refractivity contribution in [1.82, 2.24) is 9.78 Å². The normalized spacial score (nSPS) is 10.0. The minimum absolute atomic E-state index is 0.108. The van der Waals surface area contributed by atoms with Gasteiger partial charge in [0, 0.05) is 11.9 Å². The molecule has 0 aliphatic heterocycles. The van der Waals surface area contributed by atoms with E-state index in [0.717, 1.165) is 5.69 Å². The fraction of sp³-hybridized carbons (Fsp3) is 0.400. The van der Waals surface area contributed by atoms with Crippen molar-refractivity contribution in [3.63, 3.8) is 0 Å². The maximum Gasteiger partial charge on any atom is 0.136 e. The SMILES string of the molecule is [B]c1cnn(CO)c1C. The summed E-state index contributed by atoms with van der Waals surface area (Å²) in [5, 5.41) is 12.4. The van der Waals surface area contributed by atoms with Gasteiger partial charge >= 0.3 is 0 Å². The smallest absolute Gasteiger partial charge is 0.136 e. The molecule has 0 aliphatic carbocycles. The lowest BCUT2D eigenvalue weighted by molar-refractivity contribution is 0.192. The fourth-order valence-corrected chi connectivity index (χ4v) is 0.604. The Kier molecular flexibility index (Phi) is 1.57. The van der Waals surface area contributed by atoms with Crippen molar-refractivity contribution in [1.29, 1.82) is 0 Å². The molecule has 46 valence electrons. The predicted molar refractivity (Wildman–Crippen MR) is 34.6 cm³/mol. The lowest BCUT2D eigenvalue weighted by Gasteiger charge is -1.96. The van der Waals surface area contributed by atoms with E-state index in [1.807, 2.05) is 0 Å². The number of rotatable bonds is 1. The van der Waals surface area contributed by atoms with E-state index >= 15 is 0 Å². The molecule has 0 fully saturated rings. The number of aliphatic hydroxyl groups is 1. The van der Waals surface area contributed by atoms with Gasteiger partial charge < -0.3 is 5.11 Å². The Hall–Kier alpha value is -0.765. The van der Waals surface area contributed by atoms with Gasteiger partial charge in [-0.15, -0.1) is 0 Å². The monoisotopic (exact) mass is 122 g/mol. The molecule has 1 aromatic heterocycles. The van der Waals surface area contributed by atoms with E-state index in [9.17, 15) is 0 Å². The Balaban J connectivity index is 3.04. The summed E-state index contributed by atoms with van der Waals surface area (Å²) in [5.74, 6) is 0. The molecule has 0 amide bonds. The van der Waals surface area contributed by atoms with E-state index in [-0.39, 0.29) is 6.73 Å². The molecule has 2 radical (unpaired) electrons. The summed E-state index contributed by atoms with van der Waals surface area (Å²) < 4.78 is 1.43. The first-order valence-corrected chi connectivity index (χ1v) is 2.64. The molecular weight excluding hydrogens is 115 g/mol. The molecule has 1 rings (SSSR count). The van der Waals surface area contributed by atoms with Crippen molar-refractivity contribution in [2.45, 2.75) is 13.7 Å². The van der Waals surface area contributed by atoms with E-state index in [2.05, 4.69) is 5.10 Å². The van der Waals surface area contributed by atoms with Crippen molar-refractivity contribution in [2.75, 3.05) is 0 Å². The van der Waals surface area contributed by atoms with Crippen LogP contribution in [0.15, 0.2) is 6.20 Å². The quantitative estimate of drug-likeness (QED) is 0.482. The molecule has 0 unspecified atom stereocenters. The van der Waals surface area contributed by atoms with Crippen LogP contribution in [0.2, 0.25) is 0 Å². The zero-order valence-corrected chi connectivity index (χ0v) is 5.20. The highest BCUT2D eigenvalue weighted by Gasteiger charge is 1.97. The van der Waals surface area contributed by atoms with Crippen LogP contribution in [0.5, 0.6) is 0 Å². The van der Waals surface area contributed by atoms with Crippen molar-refractivity contribution in [3.05, 3.63) is 11.9 Å². The van der Waals surface area contributed by atoms with Crippen LogP contribution < -0.4 is 5.46 Å². The minimum atomic E-state index is -0.108. The van der Waals surface area contributed by atoms with Crippen molar-refractivity contribution < 1.29 is 5.11 Å². The molecular formula is C5H7BN2O. The summed E-state index contributed by atoms with van der Waals surface area (Å²) in [4.78, 5) is 0. The molecule has 9 heavy (non-hydrogen) atoms. The topological polar surface area (TPSA) is 38.0 Å². The third kappa shape index (κ3) is 0.978. The van der Waals surface area contributed by atoms with Crippen LogP contribution in [0.3, 0.4) is 0 Å². The molecule has 1 heterocycles. The summed E-state index contributed by atoms with van der Waals surface area (Å²) in [7, 11) is 5.42. The van der Waals surface area contributed by atoms with Crippen LogP contribution in [0, 0.1) is 6.92 Å². The molecule has 1 aromatic rings.